The van der Waals surface area contributed by atoms with Gasteiger partial charge in [-0.3, -0.25) is 0 Å². The molecule has 0 aromatic heterocycles. The largest absolute Gasteiger partial charge is 0.489 e. The van der Waals surface area contributed by atoms with Gasteiger partial charge < -0.3 is 14.2 Å². The predicted molar refractivity (Wildman–Crippen MR) is 118 cm³/mol. The minimum atomic E-state index is 0.443. The maximum atomic E-state index is 6.07. The van der Waals surface area contributed by atoms with Crippen molar-refractivity contribution < 1.29 is 14.2 Å². The summed E-state index contributed by atoms with van der Waals surface area (Å²) in [5, 5.41) is 0. The molecule has 0 heterocycles. The van der Waals surface area contributed by atoms with Crippen LogP contribution in [0.1, 0.15) is 16.7 Å². The van der Waals surface area contributed by atoms with Crippen LogP contribution in [0.2, 0.25) is 0 Å². The minimum Gasteiger partial charge on any atom is -0.489 e. The van der Waals surface area contributed by atoms with Crippen molar-refractivity contribution >= 4 is 0 Å². The molecule has 3 nitrogen and oxygen atoms in total. The van der Waals surface area contributed by atoms with Gasteiger partial charge in [-0.2, -0.15) is 0 Å². The third-order valence-corrected chi connectivity index (χ3v) is 4.55. The monoisotopic (exact) mass is 395 g/mol. The minimum absolute atomic E-state index is 0.443. The molecular weight excluding hydrogens is 372 g/mol. The van der Waals surface area contributed by atoms with E-state index in [0.29, 0.717) is 37.1 Å². The van der Waals surface area contributed by atoms with E-state index in [-0.39, 0.29) is 0 Å². The molecule has 4 aromatic rings. The van der Waals surface area contributed by atoms with Gasteiger partial charge in [-0.05, 0) is 22.8 Å². The van der Waals surface area contributed by atoms with Crippen molar-refractivity contribution in [3.8, 4) is 17.2 Å². The first kappa shape index (κ1) is 19.6. The van der Waals surface area contributed by atoms with Crippen molar-refractivity contribution in [1.29, 1.82) is 0 Å². The molecule has 30 heavy (non-hydrogen) atoms. The van der Waals surface area contributed by atoms with Crippen molar-refractivity contribution in [3.05, 3.63) is 126 Å². The average Bonchev–Trinajstić information content (AvgIpc) is 2.82. The fraction of sp³-hybridized carbons (Fsp3) is 0.111. The topological polar surface area (TPSA) is 27.7 Å². The van der Waals surface area contributed by atoms with Crippen LogP contribution in [0.25, 0.3) is 0 Å². The van der Waals surface area contributed by atoms with E-state index in [9.17, 15) is 0 Å². The van der Waals surface area contributed by atoms with Gasteiger partial charge in [-0.1, -0.05) is 91.0 Å². The number of hydrogen-bond donors (Lipinski definition) is 0. The van der Waals surface area contributed by atoms with E-state index in [1.807, 2.05) is 97.1 Å². The molecule has 0 aliphatic carbocycles. The van der Waals surface area contributed by atoms with Crippen molar-refractivity contribution in [2.24, 2.45) is 0 Å². The summed E-state index contributed by atoms with van der Waals surface area (Å²) in [5.41, 5.74) is 3.28. The smallest absolute Gasteiger partial charge is 0.169 e. The van der Waals surface area contributed by atoms with Crippen molar-refractivity contribution in [2.75, 3.05) is 0 Å². The zero-order valence-electron chi connectivity index (χ0n) is 16.7. The number of hydrogen-bond acceptors (Lipinski definition) is 3. The normalized spacial score (nSPS) is 10.4. The van der Waals surface area contributed by atoms with E-state index in [4.69, 9.17) is 14.2 Å². The second kappa shape index (κ2) is 10.2. The van der Waals surface area contributed by atoms with Crippen molar-refractivity contribution in [1.82, 2.24) is 0 Å². The molecule has 1 radical (unpaired) electrons. The van der Waals surface area contributed by atoms with Crippen LogP contribution in [0.5, 0.6) is 17.2 Å². The van der Waals surface area contributed by atoms with Crippen LogP contribution in [0.15, 0.2) is 103 Å². The fourth-order valence-electron chi connectivity index (χ4n) is 2.95. The van der Waals surface area contributed by atoms with E-state index in [1.54, 1.807) is 6.07 Å². The number of rotatable bonds is 9. The highest BCUT2D eigenvalue weighted by Crippen LogP contribution is 2.32. The second-order valence-corrected chi connectivity index (χ2v) is 6.85. The molecule has 4 rings (SSSR count). The Bertz CT molecular complexity index is 1030. The Balaban J connectivity index is 1.48. The maximum absolute atomic E-state index is 6.07. The summed E-state index contributed by atoms with van der Waals surface area (Å²) in [4.78, 5) is 0. The van der Waals surface area contributed by atoms with Crippen LogP contribution in [-0.2, 0) is 19.8 Å². The molecule has 0 bridgehead atoms. The quantitative estimate of drug-likeness (QED) is 0.336. The summed E-state index contributed by atoms with van der Waals surface area (Å²) in [6.07, 6.45) is 0. The van der Waals surface area contributed by atoms with Gasteiger partial charge in [0.1, 0.15) is 25.6 Å². The lowest BCUT2D eigenvalue weighted by Crippen LogP contribution is -2.02. The highest BCUT2D eigenvalue weighted by atomic mass is 16.5. The van der Waals surface area contributed by atoms with Crippen LogP contribution >= 0.6 is 0 Å². The lowest BCUT2D eigenvalue weighted by Gasteiger charge is -2.15. The van der Waals surface area contributed by atoms with E-state index in [1.165, 1.54) is 0 Å². The van der Waals surface area contributed by atoms with E-state index >= 15 is 0 Å². The lowest BCUT2D eigenvalue weighted by atomic mass is 10.2. The van der Waals surface area contributed by atoms with E-state index in [2.05, 4.69) is 6.07 Å². The Morgan fingerprint density at radius 1 is 0.533 bits per heavy atom. The zero-order chi connectivity index (χ0) is 20.4. The van der Waals surface area contributed by atoms with E-state index < -0.39 is 0 Å². The molecule has 0 amide bonds. The van der Waals surface area contributed by atoms with E-state index in [0.717, 1.165) is 16.7 Å². The van der Waals surface area contributed by atoms with Crippen molar-refractivity contribution in [3.63, 3.8) is 0 Å². The van der Waals surface area contributed by atoms with Crippen LogP contribution in [0.3, 0.4) is 0 Å². The summed E-state index contributed by atoms with van der Waals surface area (Å²) < 4.78 is 18.0. The Kier molecular flexibility index (Phi) is 6.64. The van der Waals surface area contributed by atoms with Crippen LogP contribution < -0.4 is 14.2 Å². The first-order valence-electron chi connectivity index (χ1n) is 9.93. The van der Waals surface area contributed by atoms with Gasteiger partial charge in [0, 0.05) is 12.1 Å². The third-order valence-electron chi connectivity index (χ3n) is 4.55. The molecular formula is C27H23O3. The Morgan fingerprint density at radius 3 is 1.53 bits per heavy atom. The first-order chi connectivity index (χ1) is 14.9. The molecule has 0 atom stereocenters. The molecule has 0 N–H and O–H groups in total. The van der Waals surface area contributed by atoms with Crippen LogP contribution in [0, 0.1) is 6.07 Å². The second-order valence-electron chi connectivity index (χ2n) is 6.85. The molecule has 0 aliphatic heterocycles. The highest BCUT2D eigenvalue weighted by Gasteiger charge is 2.10. The molecule has 4 aromatic carbocycles. The van der Waals surface area contributed by atoms with Gasteiger partial charge in [0.2, 0.25) is 0 Å². The fourth-order valence-corrected chi connectivity index (χ4v) is 2.95. The van der Waals surface area contributed by atoms with Gasteiger partial charge in [0.25, 0.3) is 0 Å². The predicted octanol–water partition coefficient (Wildman–Crippen LogP) is 6.22. The molecule has 0 saturated heterocycles. The maximum Gasteiger partial charge on any atom is 0.169 e. The molecule has 149 valence electrons. The summed E-state index contributed by atoms with van der Waals surface area (Å²) in [6, 6.07) is 37.0. The summed E-state index contributed by atoms with van der Waals surface area (Å²) in [7, 11) is 0. The molecule has 0 spiro atoms. The summed E-state index contributed by atoms with van der Waals surface area (Å²) in [5.74, 6) is 1.87. The summed E-state index contributed by atoms with van der Waals surface area (Å²) in [6.45, 7) is 1.37. The molecule has 0 unspecified atom stereocenters. The highest BCUT2D eigenvalue weighted by molar-refractivity contribution is 5.45. The third kappa shape index (κ3) is 5.65. The lowest BCUT2D eigenvalue weighted by molar-refractivity contribution is 0.251. The number of benzene rings is 4. The standard InChI is InChI=1S/C27H23O3/c1-4-10-22(11-5-1)19-28-25-16-17-26(29-20-23-12-6-2-7-13-23)27(18-25)30-21-24-14-8-3-9-15-24/h1-16,18H,19-21H2. The first-order valence-corrected chi connectivity index (χ1v) is 9.93. The van der Waals surface area contributed by atoms with Gasteiger partial charge in [-0.25, -0.2) is 0 Å². The van der Waals surface area contributed by atoms with Gasteiger partial charge in [0.05, 0.1) is 0 Å². The van der Waals surface area contributed by atoms with Gasteiger partial charge in [0.15, 0.2) is 11.5 Å². The van der Waals surface area contributed by atoms with Crippen molar-refractivity contribution in [2.45, 2.75) is 19.8 Å². The van der Waals surface area contributed by atoms with Gasteiger partial charge >= 0.3 is 0 Å². The summed E-state index contributed by atoms with van der Waals surface area (Å²) >= 11 is 0. The average molecular weight is 395 g/mol. The van der Waals surface area contributed by atoms with Crippen LogP contribution in [0.4, 0.5) is 0 Å². The Labute approximate surface area is 177 Å². The molecule has 0 saturated carbocycles. The molecule has 3 heteroatoms. The number of ether oxygens (including phenoxy) is 3. The molecule has 0 fully saturated rings. The Hall–Kier alpha value is -3.72. The zero-order valence-corrected chi connectivity index (χ0v) is 16.7. The molecule has 0 aliphatic rings. The van der Waals surface area contributed by atoms with Gasteiger partial charge in [-0.15, -0.1) is 0 Å². The van der Waals surface area contributed by atoms with Crippen LogP contribution in [-0.4, -0.2) is 0 Å². The SMILES string of the molecule is [c]1cc(OCc2ccccc2)cc(OCc2ccccc2)c1OCc1ccccc1. The Morgan fingerprint density at radius 2 is 1.00 bits per heavy atom.